The first-order chi connectivity index (χ1) is 8.16. The van der Waals surface area contributed by atoms with Crippen molar-refractivity contribution in [2.75, 3.05) is 24.6 Å². The van der Waals surface area contributed by atoms with Crippen molar-refractivity contribution in [2.24, 2.45) is 0 Å². The number of aryl methyl sites for hydroxylation is 1. The lowest BCUT2D eigenvalue weighted by atomic mass is 10.3. The molecule has 1 saturated heterocycles. The molecule has 1 atom stereocenters. The summed E-state index contributed by atoms with van der Waals surface area (Å²) in [6.45, 7) is 5.64. The van der Waals surface area contributed by atoms with Crippen LogP contribution in [0.15, 0.2) is 5.38 Å². The van der Waals surface area contributed by atoms with Crippen molar-refractivity contribution >= 4 is 29.1 Å². The molecule has 1 aromatic rings. The Kier molecular flexibility index (Phi) is 4.28. The molecule has 2 rings (SSSR count). The highest BCUT2D eigenvalue weighted by Gasteiger charge is 2.19. The normalized spacial score (nSPS) is 17.9. The maximum atomic E-state index is 12.0. The number of hydrogen-bond donors (Lipinski definition) is 1. The largest absolute Gasteiger partial charge is 0.329 e. The van der Waals surface area contributed by atoms with Crippen LogP contribution in [-0.2, 0) is 0 Å². The molecule has 0 spiro atoms. The van der Waals surface area contributed by atoms with E-state index >= 15 is 0 Å². The third-order valence-corrected chi connectivity index (χ3v) is 4.73. The molecule has 1 aliphatic heterocycles. The quantitative estimate of drug-likeness (QED) is 0.897. The Morgan fingerprint density at radius 2 is 2.24 bits per heavy atom. The van der Waals surface area contributed by atoms with Crippen molar-refractivity contribution in [3.05, 3.63) is 16.1 Å². The van der Waals surface area contributed by atoms with E-state index in [4.69, 9.17) is 0 Å². The number of aromatic nitrogens is 1. The van der Waals surface area contributed by atoms with Crippen molar-refractivity contribution in [1.82, 2.24) is 15.2 Å². The van der Waals surface area contributed by atoms with Gasteiger partial charge < -0.3 is 10.2 Å². The lowest BCUT2D eigenvalue weighted by molar-refractivity contribution is 0.199. The van der Waals surface area contributed by atoms with Crippen LogP contribution in [0, 0.1) is 6.92 Å². The standard InChI is InChI=1S/C11H17N3OS2/c1-8-7-17-10(12-8)9(2)13-11(15)14-3-5-16-6-4-14/h7,9H,3-6H2,1-2H3,(H,13,15). The maximum Gasteiger partial charge on any atom is 0.318 e. The highest BCUT2D eigenvalue weighted by molar-refractivity contribution is 7.99. The van der Waals surface area contributed by atoms with Gasteiger partial charge in [-0.15, -0.1) is 11.3 Å². The Morgan fingerprint density at radius 1 is 1.53 bits per heavy atom. The first-order valence-corrected chi connectivity index (χ1v) is 7.75. The Hall–Kier alpha value is -0.750. The van der Waals surface area contributed by atoms with Crippen LogP contribution in [0.1, 0.15) is 23.7 Å². The van der Waals surface area contributed by atoms with Crippen molar-refractivity contribution in [3.8, 4) is 0 Å². The lowest BCUT2D eigenvalue weighted by Crippen LogP contribution is -2.45. The Morgan fingerprint density at radius 3 is 2.82 bits per heavy atom. The van der Waals surface area contributed by atoms with E-state index in [0.717, 1.165) is 35.3 Å². The second-order valence-electron chi connectivity index (χ2n) is 4.10. The van der Waals surface area contributed by atoms with Gasteiger partial charge in [0.15, 0.2) is 0 Å². The fourth-order valence-corrected chi connectivity index (χ4v) is 3.38. The van der Waals surface area contributed by atoms with Gasteiger partial charge in [0.05, 0.1) is 6.04 Å². The molecule has 4 nitrogen and oxygen atoms in total. The predicted molar refractivity (Wildman–Crippen MR) is 72.7 cm³/mol. The zero-order valence-electron chi connectivity index (χ0n) is 10.1. The molecule has 1 unspecified atom stereocenters. The van der Waals surface area contributed by atoms with E-state index in [-0.39, 0.29) is 12.1 Å². The molecule has 0 radical (unpaired) electrons. The molecule has 0 saturated carbocycles. The molecule has 1 N–H and O–H groups in total. The molecule has 2 heterocycles. The summed E-state index contributed by atoms with van der Waals surface area (Å²) < 4.78 is 0. The van der Waals surface area contributed by atoms with E-state index in [1.54, 1.807) is 11.3 Å². The molecular formula is C11H17N3OS2. The van der Waals surface area contributed by atoms with Gasteiger partial charge in [-0.05, 0) is 13.8 Å². The molecule has 0 bridgehead atoms. The first-order valence-electron chi connectivity index (χ1n) is 5.72. The van der Waals surface area contributed by atoms with E-state index in [1.807, 2.05) is 35.9 Å². The second-order valence-corrected chi connectivity index (χ2v) is 6.21. The molecule has 1 aromatic heterocycles. The number of urea groups is 1. The SMILES string of the molecule is Cc1csc(C(C)NC(=O)N2CCSCC2)n1. The Labute approximate surface area is 110 Å². The summed E-state index contributed by atoms with van der Waals surface area (Å²) in [6, 6.07) is 0.0291. The first kappa shape index (κ1) is 12.7. The van der Waals surface area contributed by atoms with Crippen LogP contribution in [-0.4, -0.2) is 40.5 Å². The molecular weight excluding hydrogens is 254 g/mol. The van der Waals surface area contributed by atoms with Gasteiger partial charge in [-0.3, -0.25) is 0 Å². The third kappa shape index (κ3) is 3.35. The summed E-state index contributed by atoms with van der Waals surface area (Å²) in [4.78, 5) is 18.2. The third-order valence-electron chi connectivity index (χ3n) is 2.65. The Bertz CT molecular complexity index is 388. The maximum absolute atomic E-state index is 12.0. The van der Waals surface area contributed by atoms with E-state index in [9.17, 15) is 4.79 Å². The minimum absolute atomic E-state index is 0.00391. The number of thioether (sulfide) groups is 1. The van der Waals surface area contributed by atoms with Crippen LogP contribution in [0.25, 0.3) is 0 Å². The van der Waals surface area contributed by atoms with Crippen LogP contribution in [0.2, 0.25) is 0 Å². The summed E-state index contributed by atoms with van der Waals surface area (Å²) in [5.41, 5.74) is 1.01. The van der Waals surface area contributed by atoms with Crippen molar-refractivity contribution in [2.45, 2.75) is 19.9 Å². The summed E-state index contributed by atoms with van der Waals surface area (Å²) in [5.74, 6) is 2.08. The van der Waals surface area contributed by atoms with Gasteiger partial charge in [0.1, 0.15) is 5.01 Å². The van der Waals surface area contributed by atoms with Crippen LogP contribution >= 0.6 is 23.1 Å². The number of rotatable bonds is 2. The molecule has 0 aliphatic carbocycles. The van der Waals surface area contributed by atoms with Crippen molar-refractivity contribution in [3.63, 3.8) is 0 Å². The monoisotopic (exact) mass is 271 g/mol. The van der Waals surface area contributed by atoms with Crippen LogP contribution in [0.3, 0.4) is 0 Å². The summed E-state index contributed by atoms with van der Waals surface area (Å²) >= 11 is 3.50. The summed E-state index contributed by atoms with van der Waals surface area (Å²) in [7, 11) is 0. The van der Waals surface area contributed by atoms with Crippen molar-refractivity contribution < 1.29 is 4.79 Å². The van der Waals surface area contributed by atoms with E-state index in [1.165, 1.54) is 0 Å². The second kappa shape index (κ2) is 5.73. The number of nitrogens with zero attached hydrogens (tertiary/aromatic N) is 2. The molecule has 6 heteroatoms. The van der Waals surface area contributed by atoms with E-state index in [2.05, 4.69) is 10.3 Å². The topological polar surface area (TPSA) is 45.2 Å². The number of hydrogen-bond acceptors (Lipinski definition) is 4. The highest BCUT2D eigenvalue weighted by Crippen LogP contribution is 2.18. The zero-order chi connectivity index (χ0) is 12.3. The predicted octanol–water partition coefficient (Wildman–Crippen LogP) is 2.27. The molecule has 1 fully saturated rings. The summed E-state index contributed by atoms with van der Waals surface area (Å²) in [5, 5.41) is 5.99. The minimum atomic E-state index is -0.00391. The zero-order valence-corrected chi connectivity index (χ0v) is 11.7. The van der Waals surface area contributed by atoms with Crippen LogP contribution < -0.4 is 5.32 Å². The number of thiazole rings is 1. The minimum Gasteiger partial charge on any atom is -0.329 e. The van der Waals surface area contributed by atoms with E-state index < -0.39 is 0 Å². The van der Waals surface area contributed by atoms with Gasteiger partial charge in [-0.25, -0.2) is 9.78 Å². The van der Waals surface area contributed by atoms with Gasteiger partial charge in [0, 0.05) is 35.7 Å². The average Bonchev–Trinajstić information content (AvgIpc) is 2.77. The van der Waals surface area contributed by atoms with Gasteiger partial charge in [0.2, 0.25) is 0 Å². The molecule has 2 amide bonds. The van der Waals surface area contributed by atoms with Gasteiger partial charge in [0.25, 0.3) is 0 Å². The molecule has 1 aliphatic rings. The van der Waals surface area contributed by atoms with Gasteiger partial charge in [-0.2, -0.15) is 11.8 Å². The average molecular weight is 271 g/mol. The van der Waals surface area contributed by atoms with Crippen LogP contribution in [0.4, 0.5) is 4.79 Å². The Balaban J connectivity index is 1.89. The molecule has 17 heavy (non-hydrogen) atoms. The molecule has 94 valence electrons. The van der Waals surface area contributed by atoms with Crippen molar-refractivity contribution in [1.29, 1.82) is 0 Å². The van der Waals surface area contributed by atoms with Crippen LogP contribution in [0.5, 0.6) is 0 Å². The number of carbonyl (C=O) groups excluding carboxylic acids is 1. The molecule has 0 aromatic carbocycles. The van der Waals surface area contributed by atoms with Gasteiger partial charge in [-0.1, -0.05) is 0 Å². The number of nitrogens with one attached hydrogen (secondary N) is 1. The number of carbonyl (C=O) groups is 1. The fraction of sp³-hybridized carbons (Fsp3) is 0.636. The summed E-state index contributed by atoms with van der Waals surface area (Å²) in [6.07, 6.45) is 0. The highest BCUT2D eigenvalue weighted by atomic mass is 32.2. The fourth-order valence-electron chi connectivity index (χ4n) is 1.68. The number of amides is 2. The van der Waals surface area contributed by atoms with Gasteiger partial charge >= 0.3 is 6.03 Å². The lowest BCUT2D eigenvalue weighted by Gasteiger charge is -2.27. The smallest absolute Gasteiger partial charge is 0.318 e. The van der Waals surface area contributed by atoms with E-state index in [0.29, 0.717) is 0 Å².